The second-order valence-corrected chi connectivity index (χ2v) is 5.28. The van der Waals surface area contributed by atoms with Crippen molar-refractivity contribution >= 4 is 16.9 Å². The van der Waals surface area contributed by atoms with Gasteiger partial charge in [0.05, 0.1) is 6.33 Å². The highest BCUT2D eigenvalue weighted by Gasteiger charge is 2.28. The fourth-order valence-corrected chi connectivity index (χ4v) is 2.43. The van der Waals surface area contributed by atoms with Crippen LogP contribution in [0.2, 0.25) is 0 Å². The molecule has 1 N–H and O–H groups in total. The molecular weight excluding hydrogens is 260 g/mol. The van der Waals surface area contributed by atoms with Gasteiger partial charge < -0.3 is 9.36 Å². The van der Waals surface area contributed by atoms with Crippen LogP contribution in [0.15, 0.2) is 15.9 Å². The second kappa shape index (κ2) is 4.73. The predicted molar refractivity (Wildman–Crippen MR) is 72.8 cm³/mol. The maximum absolute atomic E-state index is 12.0. The fourth-order valence-electron chi connectivity index (χ4n) is 2.43. The van der Waals surface area contributed by atoms with E-state index in [2.05, 4.69) is 9.97 Å². The third-order valence-corrected chi connectivity index (χ3v) is 3.54. The largest absolute Gasteiger partial charge is 0.330 e. The van der Waals surface area contributed by atoms with E-state index in [9.17, 15) is 14.4 Å². The third-order valence-electron chi connectivity index (χ3n) is 3.54. The van der Waals surface area contributed by atoms with Gasteiger partial charge in [0.15, 0.2) is 11.2 Å². The highest BCUT2D eigenvalue weighted by atomic mass is 16.2. The number of hydrogen-bond acceptors (Lipinski definition) is 4. The summed E-state index contributed by atoms with van der Waals surface area (Å²) in [6.45, 7) is 2.09. The van der Waals surface area contributed by atoms with Crippen LogP contribution in [-0.2, 0) is 11.3 Å². The summed E-state index contributed by atoms with van der Waals surface area (Å²) in [7, 11) is 0. The Morgan fingerprint density at radius 1 is 1.45 bits per heavy atom. The van der Waals surface area contributed by atoms with Crippen molar-refractivity contribution in [1.29, 1.82) is 0 Å². The summed E-state index contributed by atoms with van der Waals surface area (Å²) < 4.78 is 3.29. The molecule has 0 spiro atoms. The van der Waals surface area contributed by atoms with E-state index >= 15 is 0 Å². The van der Waals surface area contributed by atoms with Crippen LogP contribution in [-0.4, -0.2) is 24.9 Å². The number of aromatic nitrogens is 4. The van der Waals surface area contributed by atoms with Crippen LogP contribution in [0.4, 0.5) is 0 Å². The van der Waals surface area contributed by atoms with Crippen molar-refractivity contribution < 1.29 is 4.79 Å². The number of aryl methyl sites for hydroxylation is 1. The van der Waals surface area contributed by atoms with Gasteiger partial charge in [0.2, 0.25) is 0 Å². The maximum Gasteiger partial charge on any atom is 0.330 e. The monoisotopic (exact) mass is 276 g/mol. The molecule has 106 valence electrons. The van der Waals surface area contributed by atoms with Crippen LogP contribution < -0.4 is 11.2 Å². The Hall–Kier alpha value is -2.18. The van der Waals surface area contributed by atoms with Crippen molar-refractivity contribution in [3.63, 3.8) is 0 Å². The molecule has 0 unspecified atom stereocenters. The van der Waals surface area contributed by atoms with Gasteiger partial charge in [-0.2, -0.15) is 0 Å². The van der Waals surface area contributed by atoms with Crippen LogP contribution in [0, 0.1) is 0 Å². The van der Waals surface area contributed by atoms with Crippen molar-refractivity contribution in [2.75, 3.05) is 0 Å². The summed E-state index contributed by atoms with van der Waals surface area (Å²) >= 11 is 0. The molecule has 0 aromatic carbocycles. The van der Waals surface area contributed by atoms with Crippen molar-refractivity contribution in [2.24, 2.45) is 0 Å². The molecular formula is C13H16N4O3. The van der Waals surface area contributed by atoms with E-state index in [1.807, 2.05) is 0 Å². The number of Topliss-reactive ketones (excluding diaryl/α,β-unsaturated/α-hetero) is 1. The van der Waals surface area contributed by atoms with Crippen LogP contribution in [0.3, 0.4) is 0 Å². The Labute approximate surface area is 114 Å². The Balaban J connectivity index is 2.03. The Morgan fingerprint density at radius 2 is 2.20 bits per heavy atom. The molecule has 0 aliphatic heterocycles. The fraction of sp³-hybridized carbons (Fsp3) is 0.538. The average Bonchev–Trinajstić information content (AvgIpc) is 3.10. The van der Waals surface area contributed by atoms with E-state index in [0.29, 0.717) is 30.6 Å². The SMILES string of the molecule is CC(=O)CCCn1cnc2c1c(=O)[nH]c(=O)n2C1CC1. The molecule has 0 radical (unpaired) electrons. The molecule has 1 aliphatic carbocycles. The Kier molecular flexibility index (Phi) is 3.04. The number of imidazole rings is 1. The summed E-state index contributed by atoms with van der Waals surface area (Å²) in [6, 6.07) is 0.155. The zero-order valence-corrected chi connectivity index (χ0v) is 11.3. The molecule has 0 saturated heterocycles. The van der Waals surface area contributed by atoms with Gasteiger partial charge >= 0.3 is 5.69 Å². The number of aromatic amines is 1. The predicted octanol–water partition coefficient (Wildman–Crippen LogP) is 0.590. The van der Waals surface area contributed by atoms with E-state index in [1.54, 1.807) is 22.4 Å². The molecule has 1 fully saturated rings. The minimum Gasteiger partial charge on any atom is -0.325 e. The van der Waals surface area contributed by atoms with Crippen LogP contribution >= 0.6 is 0 Å². The minimum atomic E-state index is -0.415. The lowest BCUT2D eigenvalue weighted by molar-refractivity contribution is -0.117. The minimum absolute atomic E-state index is 0.123. The highest BCUT2D eigenvalue weighted by Crippen LogP contribution is 2.34. The van der Waals surface area contributed by atoms with Crippen molar-refractivity contribution in [3.8, 4) is 0 Å². The summed E-state index contributed by atoms with van der Waals surface area (Å²) in [5.41, 5.74) is 0.0605. The number of H-pyrrole nitrogens is 1. The average molecular weight is 276 g/mol. The first-order valence-corrected chi connectivity index (χ1v) is 6.77. The molecule has 3 rings (SSSR count). The van der Waals surface area contributed by atoms with E-state index in [0.717, 1.165) is 12.8 Å². The smallest absolute Gasteiger partial charge is 0.325 e. The second-order valence-electron chi connectivity index (χ2n) is 5.28. The molecule has 2 aromatic heterocycles. The summed E-state index contributed by atoms with van der Waals surface area (Å²) in [4.78, 5) is 41.4. The van der Waals surface area contributed by atoms with Gasteiger partial charge in [0.1, 0.15) is 5.78 Å². The van der Waals surface area contributed by atoms with E-state index in [1.165, 1.54) is 0 Å². The number of fused-ring (bicyclic) bond motifs is 1. The molecule has 0 amide bonds. The van der Waals surface area contributed by atoms with Gasteiger partial charge in [-0.25, -0.2) is 9.78 Å². The van der Waals surface area contributed by atoms with E-state index in [-0.39, 0.29) is 17.5 Å². The molecule has 20 heavy (non-hydrogen) atoms. The lowest BCUT2D eigenvalue weighted by Gasteiger charge is -2.05. The van der Waals surface area contributed by atoms with Gasteiger partial charge in [-0.1, -0.05) is 0 Å². The molecule has 1 aliphatic rings. The van der Waals surface area contributed by atoms with Crippen molar-refractivity contribution in [1.82, 2.24) is 19.1 Å². The van der Waals surface area contributed by atoms with Gasteiger partial charge in [-0.05, 0) is 26.2 Å². The molecule has 0 bridgehead atoms. The topological polar surface area (TPSA) is 89.8 Å². The van der Waals surface area contributed by atoms with Gasteiger partial charge in [-0.3, -0.25) is 14.3 Å². The summed E-state index contributed by atoms with van der Waals surface area (Å²) in [5, 5.41) is 0. The number of nitrogens with one attached hydrogen (secondary N) is 1. The third kappa shape index (κ3) is 2.19. The number of rotatable bonds is 5. The number of hydrogen-bond donors (Lipinski definition) is 1. The first kappa shape index (κ1) is 12.8. The molecule has 7 heteroatoms. The first-order chi connectivity index (χ1) is 9.58. The number of carbonyl (C=O) groups excluding carboxylic acids is 1. The van der Waals surface area contributed by atoms with E-state index < -0.39 is 5.56 Å². The highest BCUT2D eigenvalue weighted by molar-refractivity contribution is 5.75. The zero-order valence-electron chi connectivity index (χ0n) is 11.3. The van der Waals surface area contributed by atoms with E-state index in [4.69, 9.17) is 0 Å². The lowest BCUT2D eigenvalue weighted by atomic mass is 10.2. The number of carbonyl (C=O) groups is 1. The van der Waals surface area contributed by atoms with Crippen molar-refractivity contribution in [3.05, 3.63) is 27.2 Å². The van der Waals surface area contributed by atoms with Gasteiger partial charge in [-0.15, -0.1) is 0 Å². The molecule has 2 heterocycles. The molecule has 1 saturated carbocycles. The summed E-state index contributed by atoms with van der Waals surface area (Å²) in [6.07, 6.45) is 4.58. The van der Waals surface area contributed by atoms with Gasteiger partial charge in [0.25, 0.3) is 5.56 Å². The zero-order chi connectivity index (χ0) is 14.3. The lowest BCUT2D eigenvalue weighted by Crippen LogP contribution is -2.30. The number of ketones is 1. The number of nitrogens with zero attached hydrogens (tertiary/aromatic N) is 3. The van der Waals surface area contributed by atoms with Crippen molar-refractivity contribution in [2.45, 2.75) is 45.2 Å². The quantitative estimate of drug-likeness (QED) is 0.865. The van der Waals surface area contributed by atoms with Crippen LogP contribution in [0.25, 0.3) is 11.2 Å². The van der Waals surface area contributed by atoms with Gasteiger partial charge in [0, 0.05) is 19.0 Å². The maximum atomic E-state index is 12.0. The first-order valence-electron chi connectivity index (χ1n) is 6.77. The normalized spacial score (nSPS) is 14.8. The van der Waals surface area contributed by atoms with Crippen LogP contribution in [0.5, 0.6) is 0 Å². The summed E-state index contributed by atoms with van der Waals surface area (Å²) in [5.74, 6) is 0.123. The Morgan fingerprint density at radius 3 is 2.85 bits per heavy atom. The Bertz CT molecular complexity index is 779. The van der Waals surface area contributed by atoms with Crippen LogP contribution in [0.1, 0.15) is 38.6 Å². The molecule has 2 aromatic rings. The standard InChI is InChI=1S/C13H16N4O3/c1-8(18)3-2-6-16-7-14-11-10(16)12(19)15-13(20)17(11)9-4-5-9/h7,9H,2-6H2,1H3,(H,15,19,20). The molecule has 0 atom stereocenters. The molecule has 7 nitrogen and oxygen atoms in total.